The van der Waals surface area contributed by atoms with Gasteiger partial charge in [-0.15, -0.1) is 0 Å². The van der Waals surface area contributed by atoms with Crippen LogP contribution in [0.1, 0.15) is 54.5 Å². The summed E-state index contributed by atoms with van der Waals surface area (Å²) in [4.78, 5) is 3.81. The fraction of sp³-hybridized carbons (Fsp3) is 0.140. The first-order valence-corrected chi connectivity index (χ1v) is 16.0. The van der Waals surface area contributed by atoms with E-state index in [1.165, 1.54) is 27.6 Å². The number of hydrogen-bond acceptors (Lipinski definition) is 2. The second kappa shape index (κ2) is 10.8. The fourth-order valence-corrected chi connectivity index (χ4v) is 7.76. The Balaban J connectivity index is 1.35. The van der Waals surface area contributed by atoms with Crippen LogP contribution in [0.15, 0.2) is 133 Å². The Bertz CT molecular complexity index is 2170. The molecule has 1 aliphatic heterocycles. The summed E-state index contributed by atoms with van der Waals surface area (Å²) >= 11 is 0. The molecule has 0 bridgehead atoms. The molecule has 3 nitrogen and oxygen atoms in total. The molecule has 8 rings (SSSR count). The third-order valence-corrected chi connectivity index (χ3v) is 10.0. The van der Waals surface area contributed by atoms with Crippen LogP contribution in [0.5, 0.6) is 17.2 Å². The van der Waals surface area contributed by atoms with Crippen molar-refractivity contribution in [1.29, 1.82) is 0 Å². The Hall–Kier alpha value is -5.59. The smallest absolute Gasteiger partial charge is 0.187 e. The number of nitrogens with zero attached hydrogens (tertiary/aromatic N) is 1. The average Bonchev–Trinajstić information content (AvgIpc) is 3.42. The second-order valence-corrected chi connectivity index (χ2v) is 12.1. The molecule has 0 aromatic heterocycles. The van der Waals surface area contributed by atoms with Gasteiger partial charge in [0, 0.05) is 27.5 Å². The van der Waals surface area contributed by atoms with Crippen molar-refractivity contribution in [2.24, 2.45) is 0 Å². The zero-order valence-corrected chi connectivity index (χ0v) is 26.0. The minimum absolute atomic E-state index is 0.226. The van der Waals surface area contributed by atoms with Crippen LogP contribution in [-0.2, 0) is 11.0 Å². The van der Waals surface area contributed by atoms with E-state index < -0.39 is 5.60 Å². The highest BCUT2D eigenvalue weighted by Gasteiger charge is 2.46. The zero-order chi connectivity index (χ0) is 31.3. The highest BCUT2D eigenvalue weighted by Crippen LogP contribution is 2.60. The number of hydrogen-bond donors (Lipinski definition) is 0. The molecule has 6 aromatic carbocycles. The lowest BCUT2D eigenvalue weighted by atomic mass is 9.71. The van der Waals surface area contributed by atoms with Gasteiger partial charge in [-0.25, -0.2) is 4.85 Å². The summed E-state index contributed by atoms with van der Waals surface area (Å²) < 4.78 is 13.6. The molecule has 1 unspecified atom stereocenters. The first-order chi connectivity index (χ1) is 22.6. The molecule has 0 saturated carbocycles. The molecular weight excluding hydrogens is 562 g/mol. The monoisotopic (exact) mass is 595 g/mol. The Morgan fingerprint density at radius 1 is 0.696 bits per heavy atom. The molecule has 0 amide bonds. The standard InChI is InChI=1S/C43H33NO2/c1-4-42(5-2)38-28-31(44-3)22-25-36(38)39-34-18-12-13-19-35(34)41-37(40(39)42)26-27-43(46-41,29-14-8-6-9-15-29)30-20-23-33(24-21-30)45-32-16-10-7-11-17-32/h6-28H,4-5H2,1-2H3. The van der Waals surface area contributed by atoms with E-state index in [1.807, 2.05) is 54.6 Å². The Kier molecular flexibility index (Phi) is 6.55. The van der Waals surface area contributed by atoms with E-state index in [0.29, 0.717) is 5.69 Å². The van der Waals surface area contributed by atoms with E-state index in [4.69, 9.17) is 16.0 Å². The van der Waals surface area contributed by atoms with Crippen molar-refractivity contribution >= 4 is 22.5 Å². The molecule has 2 aliphatic rings. The largest absolute Gasteiger partial charge is 0.472 e. The highest BCUT2D eigenvalue weighted by atomic mass is 16.5. The van der Waals surface area contributed by atoms with Gasteiger partial charge in [0.15, 0.2) is 11.3 Å². The third-order valence-electron chi connectivity index (χ3n) is 10.0. The van der Waals surface area contributed by atoms with Crippen molar-refractivity contribution in [2.45, 2.75) is 37.7 Å². The van der Waals surface area contributed by atoms with Gasteiger partial charge in [-0.05, 0) is 70.8 Å². The number of fused-ring (bicyclic) bond motifs is 8. The lowest BCUT2D eigenvalue weighted by Crippen LogP contribution is -2.35. The van der Waals surface area contributed by atoms with Gasteiger partial charge in [-0.1, -0.05) is 123 Å². The summed E-state index contributed by atoms with van der Waals surface area (Å²) in [5.74, 6) is 2.47. The first kappa shape index (κ1) is 27.9. The first-order valence-electron chi connectivity index (χ1n) is 16.0. The molecule has 0 fully saturated rings. The maximum absolute atomic E-state index is 7.76. The van der Waals surface area contributed by atoms with Gasteiger partial charge in [0.1, 0.15) is 17.2 Å². The van der Waals surface area contributed by atoms with Gasteiger partial charge in [-0.2, -0.15) is 0 Å². The summed E-state index contributed by atoms with van der Waals surface area (Å²) in [5, 5.41) is 2.27. The van der Waals surface area contributed by atoms with Crippen LogP contribution >= 0.6 is 0 Å². The molecular formula is C43H33NO2. The van der Waals surface area contributed by atoms with E-state index in [9.17, 15) is 0 Å². The predicted octanol–water partition coefficient (Wildman–Crippen LogP) is 11.6. The van der Waals surface area contributed by atoms with Crippen molar-refractivity contribution in [3.63, 3.8) is 0 Å². The number of rotatable bonds is 6. The summed E-state index contributed by atoms with van der Waals surface area (Å²) in [6, 6.07) is 43.5. The fourth-order valence-electron chi connectivity index (χ4n) is 7.76. The third kappa shape index (κ3) is 4.04. The molecule has 0 radical (unpaired) electrons. The predicted molar refractivity (Wildman–Crippen MR) is 187 cm³/mol. The van der Waals surface area contributed by atoms with Crippen molar-refractivity contribution < 1.29 is 9.47 Å². The molecule has 222 valence electrons. The summed E-state index contributed by atoms with van der Waals surface area (Å²) in [5.41, 5.74) is 7.89. The van der Waals surface area contributed by atoms with E-state index in [0.717, 1.165) is 52.2 Å². The Morgan fingerprint density at radius 3 is 2.02 bits per heavy atom. The molecule has 0 N–H and O–H groups in total. The summed E-state index contributed by atoms with van der Waals surface area (Å²) in [6.45, 7) is 12.3. The quantitative estimate of drug-likeness (QED) is 0.179. The summed E-state index contributed by atoms with van der Waals surface area (Å²) in [7, 11) is 0. The van der Waals surface area contributed by atoms with Crippen LogP contribution in [0.3, 0.4) is 0 Å². The molecule has 6 aromatic rings. The van der Waals surface area contributed by atoms with E-state index >= 15 is 0 Å². The normalized spacial score (nSPS) is 17.0. The summed E-state index contributed by atoms with van der Waals surface area (Å²) in [6.07, 6.45) is 6.39. The van der Waals surface area contributed by atoms with Crippen LogP contribution < -0.4 is 9.47 Å². The highest BCUT2D eigenvalue weighted by molar-refractivity contribution is 6.08. The van der Waals surface area contributed by atoms with Crippen LogP contribution in [0.25, 0.3) is 32.8 Å². The lowest BCUT2D eigenvalue weighted by molar-refractivity contribution is 0.163. The number of para-hydroxylation sites is 1. The number of ether oxygens (including phenoxy) is 2. The molecule has 1 atom stereocenters. The van der Waals surface area contributed by atoms with Crippen molar-refractivity contribution in [3.05, 3.63) is 173 Å². The van der Waals surface area contributed by atoms with Crippen LogP contribution in [0.2, 0.25) is 0 Å². The van der Waals surface area contributed by atoms with Crippen LogP contribution in [-0.4, -0.2) is 0 Å². The van der Waals surface area contributed by atoms with E-state index in [2.05, 4.69) is 104 Å². The SMILES string of the molecule is [C-]#[N+]c1ccc2c(c1)C(CC)(CC)c1c3c(c4ccccc4c1-2)OC(c1ccccc1)(c1ccc(Oc2ccccc2)cc1)C=C3. The Morgan fingerprint density at radius 2 is 1.33 bits per heavy atom. The average molecular weight is 596 g/mol. The zero-order valence-electron chi connectivity index (χ0n) is 26.0. The van der Waals surface area contributed by atoms with Gasteiger partial charge in [0.2, 0.25) is 0 Å². The van der Waals surface area contributed by atoms with Gasteiger partial charge < -0.3 is 9.47 Å². The lowest BCUT2D eigenvalue weighted by Gasteiger charge is -2.39. The van der Waals surface area contributed by atoms with Gasteiger partial charge in [0.05, 0.1) is 6.57 Å². The molecule has 46 heavy (non-hydrogen) atoms. The minimum atomic E-state index is -0.847. The molecule has 0 spiro atoms. The van der Waals surface area contributed by atoms with Crippen molar-refractivity contribution in [2.75, 3.05) is 0 Å². The van der Waals surface area contributed by atoms with Crippen LogP contribution in [0.4, 0.5) is 5.69 Å². The second-order valence-electron chi connectivity index (χ2n) is 12.1. The Labute approximate surface area is 270 Å². The van der Waals surface area contributed by atoms with E-state index in [-0.39, 0.29) is 5.41 Å². The van der Waals surface area contributed by atoms with Gasteiger partial charge in [-0.3, -0.25) is 0 Å². The molecule has 1 aliphatic carbocycles. The minimum Gasteiger partial charge on any atom is -0.472 e. The van der Waals surface area contributed by atoms with Crippen molar-refractivity contribution in [3.8, 4) is 28.4 Å². The van der Waals surface area contributed by atoms with Crippen LogP contribution in [0, 0.1) is 6.57 Å². The maximum Gasteiger partial charge on any atom is 0.187 e. The molecule has 1 heterocycles. The maximum atomic E-state index is 7.76. The molecule has 3 heteroatoms. The topological polar surface area (TPSA) is 22.8 Å². The molecule has 0 saturated heterocycles. The van der Waals surface area contributed by atoms with Crippen molar-refractivity contribution in [1.82, 2.24) is 0 Å². The van der Waals surface area contributed by atoms with E-state index in [1.54, 1.807) is 0 Å². The van der Waals surface area contributed by atoms with Gasteiger partial charge in [0.25, 0.3) is 0 Å². The van der Waals surface area contributed by atoms with Gasteiger partial charge >= 0.3 is 0 Å². The number of benzene rings is 6.